The highest BCUT2D eigenvalue weighted by Gasteiger charge is 2.28. The van der Waals surface area contributed by atoms with Gasteiger partial charge >= 0.3 is 5.97 Å². The lowest BCUT2D eigenvalue weighted by Gasteiger charge is -2.36. The molecule has 0 aromatic heterocycles. The van der Waals surface area contributed by atoms with Gasteiger partial charge in [0.25, 0.3) is 0 Å². The topological polar surface area (TPSA) is 66.8 Å². The van der Waals surface area contributed by atoms with E-state index in [-0.39, 0.29) is 23.3 Å². The standard InChI is InChI=1S/C20H20FNO4/c21-17-3-1-2-16(12-17)18-13-26-11-10-22(18)19(23)9-6-14-4-7-15(8-5-14)20(24)25/h1-5,7-8,12,18H,6,9-11,13H2,(H,24,25). The Kier molecular flexibility index (Phi) is 5.63. The van der Waals surface area contributed by atoms with Crippen LogP contribution in [0.1, 0.15) is 33.9 Å². The van der Waals surface area contributed by atoms with E-state index in [0.717, 1.165) is 11.1 Å². The quantitative estimate of drug-likeness (QED) is 0.893. The second-order valence-electron chi connectivity index (χ2n) is 6.23. The van der Waals surface area contributed by atoms with E-state index in [1.807, 2.05) is 0 Å². The van der Waals surface area contributed by atoms with Crippen LogP contribution in [0.5, 0.6) is 0 Å². The number of hydrogen-bond donors (Lipinski definition) is 1. The summed E-state index contributed by atoms with van der Waals surface area (Å²) in [6.45, 7) is 1.28. The Morgan fingerprint density at radius 1 is 1.19 bits per heavy atom. The van der Waals surface area contributed by atoms with Gasteiger partial charge in [-0.3, -0.25) is 4.79 Å². The Morgan fingerprint density at radius 2 is 1.96 bits per heavy atom. The maximum Gasteiger partial charge on any atom is 0.335 e. The molecule has 2 aromatic rings. The number of rotatable bonds is 5. The minimum Gasteiger partial charge on any atom is -0.478 e. The number of aromatic carboxylic acids is 1. The summed E-state index contributed by atoms with van der Waals surface area (Å²) in [5, 5.41) is 8.92. The molecule has 0 spiro atoms. The molecule has 5 nitrogen and oxygen atoms in total. The van der Waals surface area contributed by atoms with E-state index in [0.29, 0.717) is 32.6 Å². The van der Waals surface area contributed by atoms with Crippen LogP contribution in [0.4, 0.5) is 4.39 Å². The summed E-state index contributed by atoms with van der Waals surface area (Å²) in [5.41, 5.74) is 1.85. The SMILES string of the molecule is O=C(O)c1ccc(CCC(=O)N2CCOCC2c2cccc(F)c2)cc1. The fourth-order valence-corrected chi connectivity index (χ4v) is 3.10. The molecule has 1 fully saturated rings. The fraction of sp³-hybridized carbons (Fsp3) is 0.300. The molecule has 1 amide bonds. The van der Waals surface area contributed by atoms with Gasteiger partial charge in [-0.25, -0.2) is 9.18 Å². The molecule has 0 aliphatic carbocycles. The van der Waals surface area contributed by atoms with Crippen molar-refractivity contribution in [2.45, 2.75) is 18.9 Å². The van der Waals surface area contributed by atoms with Crippen LogP contribution >= 0.6 is 0 Å². The molecule has 1 heterocycles. The van der Waals surface area contributed by atoms with Crippen LogP contribution in [0.15, 0.2) is 48.5 Å². The van der Waals surface area contributed by atoms with Gasteiger partial charge in [-0.05, 0) is 41.8 Å². The van der Waals surface area contributed by atoms with E-state index >= 15 is 0 Å². The van der Waals surface area contributed by atoms with Crippen molar-refractivity contribution in [1.29, 1.82) is 0 Å². The van der Waals surface area contributed by atoms with Crippen LogP contribution in [-0.2, 0) is 16.0 Å². The van der Waals surface area contributed by atoms with Gasteiger partial charge in [0.2, 0.25) is 5.91 Å². The van der Waals surface area contributed by atoms with Crippen molar-refractivity contribution in [3.8, 4) is 0 Å². The van der Waals surface area contributed by atoms with Crippen molar-refractivity contribution in [2.24, 2.45) is 0 Å². The number of carboxylic acid groups (broad SMARTS) is 1. The van der Waals surface area contributed by atoms with E-state index in [2.05, 4.69) is 0 Å². The molecule has 6 heteroatoms. The normalized spacial score (nSPS) is 17.1. The summed E-state index contributed by atoms with van der Waals surface area (Å²) in [7, 11) is 0. The van der Waals surface area contributed by atoms with Crippen LogP contribution in [0, 0.1) is 5.82 Å². The van der Waals surface area contributed by atoms with Crippen molar-refractivity contribution < 1.29 is 23.8 Å². The highest BCUT2D eigenvalue weighted by molar-refractivity contribution is 5.87. The number of hydrogen-bond acceptors (Lipinski definition) is 3. The molecule has 2 aromatic carbocycles. The smallest absolute Gasteiger partial charge is 0.335 e. The Labute approximate surface area is 151 Å². The Bertz CT molecular complexity index is 791. The van der Waals surface area contributed by atoms with Crippen molar-refractivity contribution in [3.05, 3.63) is 71.0 Å². The minimum absolute atomic E-state index is 0.0233. The lowest BCUT2D eigenvalue weighted by atomic mass is 10.0. The average molecular weight is 357 g/mol. The highest BCUT2D eigenvalue weighted by Crippen LogP contribution is 2.25. The molecule has 136 valence electrons. The van der Waals surface area contributed by atoms with Crippen LogP contribution in [-0.4, -0.2) is 41.6 Å². The molecule has 1 unspecified atom stereocenters. The lowest BCUT2D eigenvalue weighted by molar-refractivity contribution is -0.140. The number of carbonyl (C=O) groups excluding carboxylic acids is 1. The molecule has 26 heavy (non-hydrogen) atoms. The third kappa shape index (κ3) is 4.26. The number of halogens is 1. The third-order valence-electron chi connectivity index (χ3n) is 4.51. The lowest BCUT2D eigenvalue weighted by Crippen LogP contribution is -2.43. The first-order chi connectivity index (χ1) is 12.5. The van der Waals surface area contributed by atoms with Crippen molar-refractivity contribution in [1.82, 2.24) is 4.90 Å². The number of amides is 1. The van der Waals surface area contributed by atoms with Crippen molar-refractivity contribution >= 4 is 11.9 Å². The van der Waals surface area contributed by atoms with Crippen molar-refractivity contribution in [3.63, 3.8) is 0 Å². The van der Waals surface area contributed by atoms with Gasteiger partial charge in [-0.15, -0.1) is 0 Å². The summed E-state index contributed by atoms with van der Waals surface area (Å²) in [6.07, 6.45) is 0.824. The zero-order chi connectivity index (χ0) is 18.5. The van der Waals surface area contributed by atoms with E-state index in [4.69, 9.17) is 9.84 Å². The van der Waals surface area contributed by atoms with Crippen LogP contribution in [0.25, 0.3) is 0 Å². The minimum atomic E-state index is -0.973. The van der Waals surface area contributed by atoms with Gasteiger partial charge < -0.3 is 14.7 Å². The molecular formula is C20H20FNO4. The van der Waals surface area contributed by atoms with Crippen LogP contribution in [0.3, 0.4) is 0 Å². The number of morpholine rings is 1. The van der Waals surface area contributed by atoms with Gasteiger partial charge in [-0.1, -0.05) is 24.3 Å². The van der Waals surface area contributed by atoms with Gasteiger partial charge in [0.1, 0.15) is 5.82 Å². The average Bonchev–Trinajstić information content (AvgIpc) is 2.66. The molecule has 3 rings (SSSR count). The zero-order valence-electron chi connectivity index (χ0n) is 14.2. The monoisotopic (exact) mass is 357 g/mol. The summed E-state index contributed by atoms with van der Waals surface area (Å²) in [4.78, 5) is 25.3. The second-order valence-corrected chi connectivity index (χ2v) is 6.23. The Balaban J connectivity index is 1.66. The molecule has 1 saturated heterocycles. The predicted molar refractivity (Wildman–Crippen MR) is 93.4 cm³/mol. The Hall–Kier alpha value is -2.73. The molecule has 0 radical (unpaired) electrons. The first-order valence-electron chi connectivity index (χ1n) is 8.49. The number of aryl methyl sites for hydroxylation is 1. The number of benzene rings is 2. The van der Waals surface area contributed by atoms with Gasteiger partial charge in [-0.2, -0.15) is 0 Å². The molecule has 0 bridgehead atoms. The van der Waals surface area contributed by atoms with Gasteiger partial charge in [0, 0.05) is 13.0 Å². The second kappa shape index (κ2) is 8.10. The number of nitrogens with zero attached hydrogens (tertiary/aromatic N) is 1. The maximum atomic E-state index is 13.5. The molecular weight excluding hydrogens is 337 g/mol. The van der Waals surface area contributed by atoms with E-state index in [1.54, 1.807) is 29.2 Å². The zero-order valence-corrected chi connectivity index (χ0v) is 14.2. The number of ether oxygens (including phenoxy) is 1. The summed E-state index contributed by atoms with van der Waals surface area (Å²) < 4.78 is 19.0. The van der Waals surface area contributed by atoms with E-state index in [9.17, 15) is 14.0 Å². The number of carbonyl (C=O) groups is 2. The molecule has 0 saturated carbocycles. The Morgan fingerprint density at radius 3 is 2.65 bits per heavy atom. The van der Waals surface area contributed by atoms with E-state index in [1.165, 1.54) is 24.3 Å². The largest absolute Gasteiger partial charge is 0.478 e. The predicted octanol–water partition coefficient (Wildman–Crippen LogP) is 3.06. The molecule has 1 aliphatic heterocycles. The van der Waals surface area contributed by atoms with Gasteiger partial charge in [0.15, 0.2) is 0 Å². The van der Waals surface area contributed by atoms with E-state index < -0.39 is 5.97 Å². The number of carboxylic acids is 1. The van der Waals surface area contributed by atoms with Crippen LogP contribution < -0.4 is 0 Å². The van der Waals surface area contributed by atoms with Gasteiger partial charge in [0.05, 0.1) is 24.8 Å². The third-order valence-corrected chi connectivity index (χ3v) is 4.51. The molecule has 1 atom stereocenters. The molecule has 1 N–H and O–H groups in total. The van der Waals surface area contributed by atoms with Crippen LogP contribution in [0.2, 0.25) is 0 Å². The first-order valence-corrected chi connectivity index (χ1v) is 8.49. The molecule has 1 aliphatic rings. The highest BCUT2D eigenvalue weighted by atomic mass is 19.1. The fourth-order valence-electron chi connectivity index (χ4n) is 3.10. The first kappa shape index (κ1) is 18.1. The van der Waals surface area contributed by atoms with Crippen molar-refractivity contribution in [2.75, 3.05) is 19.8 Å². The summed E-state index contributed by atoms with van der Waals surface area (Å²) in [5.74, 6) is -1.33. The summed E-state index contributed by atoms with van der Waals surface area (Å²) in [6, 6.07) is 12.5. The maximum absolute atomic E-state index is 13.5. The summed E-state index contributed by atoms with van der Waals surface area (Å²) >= 11 is 0.